The number of ether oxygens (including phenoxy) is 1. The predicted octanol–water partition coefficient (Wildman–Crippen LogP) is 2.83. The molecule has 3 nitrogen and oxygen atoms in total. The first-order valence-corrected chi connectivity index (χ1v) is 6.48. The van der Waals surface area contributed by atoms with E-state index in [1.165, 1.54) is 0 Å². The molecule has 0 aliphatic carbocycles. The van der Waals surface area contributed by atoms with Crippen molar-refractivity contribution in [2.75, 3.05) is 13.7 Å². The smallest absolute Gasteiger partial charge is 0.123 e. The maximum atomic E-state index is 6.25. The van der Waals surface area contributed by atoms with Gasteiger partial charge in [0, 0.05) is 16.1 Å². The van der Waals surface area contributed by atoms with E-state index >= 15 is 0 Å². The van der Waals surface area contributed by atoms with E-state index in [1.807, 2.05) is 18.2 Å². The minimum Gasteiger partial charge on any atom is -0.496 e. The Morgan fingerprint density at radius 3 is 2.59 bits per heavy atom. The number of nitrogens with two attached hydrogens (primary N) is 2. The van der Waals surface area contributed by atoms with Gasteiger partial charge in [0.05, 0.1) is 7.11 Å². The molecule has 1 atom stereocenters. The number of rotatable bonds is 5. The molecule has 0 saturated heterocycles. The Morgan fingerprint density at radius 1 is 1.41 bits per heavy atom. The lowest BCUT2D eigenvalue weighted by atomic mass is 9.84. The molecule has 1 rings (SSSR count). The molecule has 0 saturated carbocycles. The van der Waals surface area contributed by atoms with Crippen LogP contribution in [0.2, 0.25) is 0 Å². The average Bonchev–Trinajstić information content (AvgIpc) is 2.28. The number of methoxy groups -OCH3 is 1. The molecule has 0 heterocycles. The lowest BCUT2D eigenvalue weighted by Crippen LogP contribution is -2.28. The van der Waals surface area contributed by atoms with Crippen molar-refractivity contribution in [3.05, 3.63) is 28.2 Å². The summed E-state index contributed by atoms with van der Waals surface area (Å²) in [5.41, 5.74) is 13.0. The van der Waals surface area contributed by atoms with Gasteiger partial charge in [-0.15, -0.1) is 0 Å². The highest BCUT2D eigenvalue weighted by molar-refractivity contribution is 9.10. The second kappa shape index (κ2) is 5.85. The molecule has 0 aliphatic rings. The van der Waals surface area contributed by atoms with E-state index in [4.69, 9.17) is 16.2 Å². The van der Waals surface area contributed by atoms with E-state index in [1.54, 1.807) is 7.11 Å². The molecule has 96 valence electrons. The van der Waals surface area contributed by atoms with Gasteiger partial charge in [0.25, 0.3) is 0 Å². The lowest BCUT2D eigenvalue weighted by Gasteiger charge is -2.27. The van der Waals surface area contributed by atoms with Crippen molar-refractivity contribution in [1.29, 1.82) is 0 Å². The van der Waals surface area contributed by atoms with Gasteiger partial charge in [-0.3, -0.25) is 0 Å². The second-order valence-corrected chi connectivity index (χ2v) is 5.98. The second-order valence-electron chi connectivity index (χ2n) is 5.07. The molecular weight excluding hydrogens is 280 g/mol. The van der Waals surface area contributed by atoms with Crippen LogP contribution in [0.4, 0.5) is 0 Å². The van der Waals surface area contributed by atoms with E-state index in [2.05, 4.69) is 29.8 Å². The Bertz CT molecular complexity index is 380. The van der Waals surface area contributed by atoms with E-state index in [-0.39, 0.29) is 11.5 Å². The molecule has 4 N–H and O–H groups in total. The van der Waals surface area contributed by atoms with Gasteiger partial charge < -0.3 is 16.2 Å². The Balaban J connectivity index is 2.95. The molecule has 17 heavy (non-hydrogen) atoms. The summed E-state index contributed by atoms with van der Waals surface area (Å²) in [6.07, 6.45) is 0.830. The van der Waals surface area contributed by atoms with E-state index in [9.17, 15) is 0 Å². The zero-order chi connectivity index (χ0) is 13.1. The van der Waals surface area contributed by atoms with E-state index in [0.717, 1.165) is 22.2 Å². The van der Waals surface area contributed by atoms with Gasteiger partial charge in [0.15, 0.2) is 0 Å². The molecule has 0 radical (unpaired) electrons. The van der Waals surface area contributed by atoms with Crippen molar-refractivity contribution in [2.24, 2.45) is 16.9 Å². The monoisotopic (exact) mass is 300 g/mol. The van der Waals surface area contributed by atoms with Crippen LogP contribution in [0.5, 0.6) is 5.75 Å². The summed E-state index contributed by atoms with van der Waals surface area (Å²) >= 11 is 3.45. The molecule has 4 heteroatoms. The summed E-state index contributed by atoms with van der Waals surface area (Å²) < 4.78 is 6.35. The molecule has 0 aliphatic heterocycles. The lowest BCUT2D eigenvalue weighted by molar-refractivity contribution is 0.312. The first-order chi connectivity index (χ1) is 7.89. The van der Waals surface area contributed by atoms with E-state index in [0.29, 0.717) is 6.54 Å². The van der Waals surface area contributed by atoms with Gasteiger partial charge in [-0.1, -0.05) is 29.8 Å². The fourth-order valence-electron chi connectivity index (χ4n) is 1.78. The highest BCUT2D eigenvalue weighted by Crippen LogP contribution is 2.33. The maximum Gasteiger partial charge on any atom is 0.123 e. The third-order valence-corrected chi connectivity index (χ3v) is 3.41. The third kappa shape index (κ3) is 3.98. The van der Waals surface area contributed by atoms with Gasteiger partial charge in [0.2, 0.25) is 0 Å². The molecule has 0 bridgehead atoms. The largest absolute Gasteiger partial charge is 0.496 e. The number of benzene rings is 1. The van der Waals surface area contributed by atoms with Crippen LogP contribution in [-0.2, 0) is 0 Å². The van der Waals surface area contributed by atoms with Gasteiger partial charge in [-0.05, 0) is 36.6 Å². The molecule has 1 unspecified atom stereocenters. The van der Waals surface area contributed by atoms with Gasteiger partial charge in [0.1, 0.15) is 5.75 Å². The number of hydrogen-bond donors (Lipinski definition) is 2. The van der Waals surface area contributed by atoms with Crippen LogP contribution in [0.25, 0.3) is 0 Å². The van der Waals surface area contributed by atoms with Crippen molar-refractivity contribution in [3.8, 4) is 5.75 Å². The predicted molar refractivity (Wildman–Crippen MR) is 75.1 cm³/mol. The van der Waals surface area contributed by atoms with Crippen molar-refractivity contribution in [1.82, 2.24) is 0 Å². The fourth-order valence-corrected chi connectivity index (χ4v) is 2.16. The van der Waals surface area contributed by atoms with Crippen molar-refractivity contribution in [2.45, 2.75) is 26.3 Å². The van der Waals surface area contributed by atoms with Crippen molar-refractivity contribution >= 4 is 15.9 Å². The van der Waals surface area contributed by atoms with Crippen LogP contribution in [0, 0.1) is 5.41 Å². The van der Waals surface area contributed by atoms with Crippen LogP contribution in [-0.4, -0.2) is 13.7 Å². The Morgan fingerprint density at radius 2 is 2.06 bits per heavy atom. The number of hydrogen-bond acceptors (Lipinski definition) is 3. The Hall–Kier alpha value is -0.580. The van der Waals surface area contributed by atoms with Crippen LogP contribution in [0.3, 0.4) is 0 Å². The molecule has 0 aromatic heterocycles. The van der Waals surface area contributed by atoms with E-state index < -0.39 is 0 Å². The SMILES string of the molecule is COc1ccc(Br)cc1C(N)CC(C)(C)CN. The standard InChI is InChI=1S/C13H21BrN2O/c1-13(2,8-15)7-11(16)10-6-9(14)4-5-12(10)17-3/h4-6,11H,7-8,15-16H2,1-3H3. The summed E-state index contributed by atoms with van der Waals surface area (Å²) in [5, 5.41) is 0. The van der Waals surface area contributed by atoms with Crippen LogP contribution >= 0.6 is 15.9 Å². The molecule has 0 fully saturated rings. The normalized spacial score (nSPS) is 13.5. The molecule has 0 spiro atoms. The Kier molecular flexibility index (Phi) is 4.98. The zero-order valence-corrected chi connectivity index (χ0v) is 12.3. The molecule has 1 aromatic carbocycles. The topological polar surface area (TPSA) is 61.3 Å². The summed E-state index contributed by atoms with van der Waals surface area (Å²) in [6, 6.07) is 5.81. The van der Waals surface area contributed by atoms with Crippen LogP contribution < -0.4 is 16.2 Å². The maximum absolute atomic E-state index is 6.25. The van der Waals surface area contributed by atoms with Crippen LogP contribution in [0.15, 0.2) is 22.7 Å². The zero-order valence-electron chi connectivity index (χ0n) is 10.7. The highest BCUT2D eigenvalue weighted by Gasteiger charge is 2.22. The fraction of sp³-hybridized carbons (Fsp3) is 0.538. The summed E-state index contributed by atoms with van der Waals surface area (Å²) in [6.45, 7) is 4.87. The van der Waals surface area contributed by atoms with Gasteiger partial charge in [-0.25, -0.2) is 0 Å². The third-order valence-electron chi connectivity index (χ3n) is 2.92. The van der Waals surface area contributed by atoms with Gasteiger partial charge >= 0.3 is 0 Å². The quantitative estimate of drug-likeness (QED) is 0.879. The summed E-state index contributed by atoms with van der Waals surface area (Å²) in [4.78, 5) is 0. The summed E-state index contributed by atoms with van der Waals surface area (Å²) in [7, 11) is 1.66. The highest BCUT2D eigenvalue weighted by atomic mass is 79.9. The van der Waals surface area contributed by atoms with Gasteiger partial charge in [-0.2, -0.15) is 0 Å². The minimum atomic E-state index is -0.0685. The first kappa shape index (κ1) is 14.5. The van der Waals surface area contributed by atoms with Crippen molar-refractivity contribution in [3.63, 3.8) is 0 Å². The average molecular weight is 301 g/mol. The molecular formula is C13H21BrN2O. The molecule has 1 aromatic rings. The molecule has 0 amide bonds. The number of halogens is 1. The Labute approximate surface area is 112 Å². The summed E-state index contributed by atoms with van der Waals surface area (Å²) in [5.74, 6) is 0.827. The van der Waals surface area contributed by atoms with Crippen LogP contribution in [0.1, 0.15) is 31.9 Å². The minimum absolute atomic E-state index is 0.0345. The van der Waals surface area contributed by atoms with Crippen molar-refractivity contribution < 1.29 is 4.74 Å². The first-order valence-electron chi connectivity index (χ1n) is 5.69.